The summed E-state index contributed by atoms with van der Waals surface area (Å²) in [6.07, 6.45) is 1.19. The lowest BCUT2D eigenvalue weighted by Gasteiger charge is -2.01. The van der Waals surface area contributed by atoms with E-state index in [1.54, 1.807) is 24.3 Å². The third kappa shape index (κ3) is 3.30. The standard InChI is InChI=1S/C17H15ClN2O2S/c1-11-16(12-5-9-15(10-6-12)23(2,21)22)20-17(19-11)13-3-7-14(18)8-4-13/h3-10H,1-2H3,(H,19,20). The molecule has 0 fully saturated rings. The molecule has 0 unspecified atom stereocenters. The van der Waals surface area contributed by atoms with E-state index >= 15 is 0 Å². The Balaban J connectivity index is 1.99. The first-order valence-electron chi connectivity index (χ1n) is 6.97. The second-order valence-corrected chi connectivity index (χ2v) is 7.81. The van der Waals surface area contributed by atoms with Gasteiger partial charge in [-0.15, -0.1) is 0 Å². The van der Waals surface area contributed by atoms with Gasteiger partial charge in [-0.2, -0.15) is 0 Å². The normalized spacial score (nSPS) is 11.6. The molecule has 0 saturated heterocycles. The smallest absolute Gasteiger partial charge is 0.175 e. The van der Waals surface area contributed by atoms with Crippen LogP contribution in [0, 0.1) is 6.92 Å². The van der Waals surface area contributed by atoms with Crippen molar-refractivity contribution in [3.8, 4) is 22.6 Å². The third-order valence-corrected chi connectivity index (χ3v) is 4.94. The Labute approximate surface area is 140 Å². The monoisotopic (exact) mass is 346 g/mol. The van der Waals surface area contributed by atoms with Gasteiger partial charge in [0, 0.05) is 28.1 Å². The molecular formula is C17H15ClN2O2S. The number of aromatic nitrogens is 2. The van der Waals surface area contributed by atoms with Gasteiger partial charge >= 0.3 is 0 Å². The van der Waals surface area contributed by atoms with E-state index in [9.17, 15) is 8.42 Å². The average molecular weight is 347 g/mol. The molecule has 1 aromatic heterocycles. The number of aryl methyl sites for hydroxylation is 1. The van der Waals surface area contributed by atoms with E-state index in [1.165, 1.54) is 6.26 Å². The highest BCUT2D eigenvalue weighted by atomic mass is 35.5. The van der Waals surface area contributed by atoms with Gasteiger partial charge < -0.3 is 4.98 Å². The first-order chi connectivity index (χ1) is 10.8. The van der Waals surface area contributed by atoms with Crippen molar-refractivity contribution in [2.24, 2.45) is 0 Å². The van der Waals surface area contributed by atoms with Gasteiger partial charge in [0.1, 0.15) is 5.82 Å². The lowest BCUT2D eigenvalue weighted by atomic mass is 10.1. The summed E-state index contributed by atoms with van der Waals surface area (Å²) in [7, 11) is -3.19. The van der Waals surface area contributed by atoms with E-state index in [2.05, 4.69) is 9.97 Å². The number of imidazole rings is 1. The van der Waals surface area contributed by atoms with E-state index in [0.29, 0.717) is 9.92 Å². The van der Waals surface area contributed by atoms with Gasteiger partial charge in [-0.1, -0.05) is 23.7 Å². The van der Waals surface area contributed by atoms with Crippen LogP contribution in [0.4, 0.5) is 0 Å². The van der Waals surface area contributed by atoms with Crippen molar-refractivity contribution < 1.29 is 8.42 Å². The largest absolute Gasteiger partial charge is 0.342 e. The molecule has 23 heavy (non-hydrogen) atoms. The Kier molecular flexibility index (Phi) is 4.00. The number of sulfone groups is 1. The van der Waals surface area contributed by atoms with Crippen molar-refractivity contribution in [3.05, 3.63) is 59.2 Å². The van der Waals surface area contributed by atoms with Gasteiger partial charge in [-0.05, 0) is 43.3 Å². The topological polar surface area (TPSA) is 62.8 Å². The molecule has 0 aliphatic rings. The quantitative estimate of drug-likeness (QED) is 0.776. The first kappa shape index (κ1) is 15.8. The maximum Gasteiger partial charge on any atom is 0.175 e. The molecule has 4 nitrogen and oxygen atoms in total. The number of hydrogen-bond donors (Lipinski definition) is 1. The minimum atomic E-state index is -3.19. The summed E-state index contributed by atoms with van der Waals surface area (Å²) in [6.45, 7) is 1.94. The Hall–Kier alpha value is -2.11. The van der Waals surface area contributed by atoms with Gasteiger partial charge in [-0.3, -0.25) is 0 Å². The molecule has 1 heterocycles. The number of nitrogens with zero attached hydrogens (tertiary/aromatic N) is 1. The fourth-order valence-electron chi connectivity index (χ4n) is 2.35. The number of rotatable bonds is 3. The Morgan fingerprint density at radius 1 is 0.957 bits per heavy atom. The molecule has 1 N–H and O–H groups in total. The predicted molar refractivity (Wildman–Crippen MR) is 92.3 cm³/mol. The molecule has 6 heteroatoms. The van der Waals surface area contributed by atoms with Crippen LogP contribution in [-0.4, -0.2) is 24.6 Å². The predicted octanol–water partition coefficient (Wildman–Crippen LogP) is 4.11. The molecule has 0 aliphatic heterocycles. The molecule has 0 amide bonds. The summed E-state index contributed by atoms with van der Waals surface area (Å²) < 4.78 is 23.1. The number of halogens is 1. The number of nitrogens with one attached hydrogen (secondary N) is 1. The Morgan fingerprint density at radius 2 is 1.52 bits per heavy atom. The van der Waals surface area contributed by atoms with Crippen LogP contribution in [-0.2, 0) is 9.84 Å². The molecule has 3 aromatic rings. The zero-order valence-electron chi connectivity index (χ0n) is 12.7. The lowest BCUT2D eigenvalue weighted by Crippen LogP contribution is -1.96. The van der Waals surface area contributed by atoms with Crippen molar-refractivity contribution in [1.29, 1.82) is 0 Å². The molecule has 0 aliphatic carbocycles. The molecule has 0 radical (unpaired) electrons. The maximum atomic E-state index is 11.5. The number of H-pyrrole nitrogens is 1. The summed E-state index contributed by atoms with van der Waals surface area (Å²) in [5.74, 6) is 0.751. The van der Waals surface area contributed by atoms with Crippen LogP contribution in [0.1, 0.15) is 5.69 Å². The Bertz CT molecular complexity index is 943. The van der Waals surface area contributed by atoms with Crippen LogP contribution in [0.5, 0.6) is 0 Å². The fraction of sp³-hybridized carbons (Fsp3) is 0.118. The van der Waals surface area contributed by atoms with Crippen LogP contribution in [0.3, 0.4) is 0 Å². The Morgan fingerprint density at radius 3 is 2.09 bits per heavy atom. The van der Waals surface area contributed by atoms with Crippen molar-refractivity contribution in [3.63, 3.8) is 0 Å². The van der Waals surface area contributed by atoms with Crippen molar-refractivity contribution in [2.45, 2.75) is 11.8 Å². The first-order valence-corrected chi connectivity index (χ1v) is 9.24. The van der Waals surface area contributed by atoms with E-state index in [-0.39, 0.29) is 0 Å². The summed E-state index contributed by atoms with van der Waals surface area (Å²) in [4.78, 5) is 8.17. The molecule has 0 bridgehead atoms. The van der Waals surface area contributed by atoms with Gasteiger partial charge in [-0.25, -0.2) is 13.4 Å². The third-order valence-electron chi connectivity index (χ3n) is 3.56. The summed E-state index contributed by atoms with van der Waals surface area (Å²) in [5.41, 5.74) is 3.53. The highest BCUT2D eigenvalue weighted by Gasteiger charge is 2.12. The maximum absolute atomic E-state index is 11.5. The molecule has 0 saturated carbocycles. The summed E-state index contributed by atoms with van der Waals surface area (Å²) >= 11 is 5.90. The van der Waals surface area contributed by atoms with Crippen molar-refractivity contribution in [1.82, 2.24) is 9.97 Å². The minimum absolute atomic E-state index is 0.298. The highest BCUT2D eigenvalue weighted by Crippen LogP contribution is 2.27. The van der Waals surface area contributed by atoms with Gasteiger partial charge in [0.15, 0.2) is 9.84 Å². The van der Waals surface area contributed by atoms with Crippen LogP contribution < -0.4 is 0 Å². The second kappa shape index (κ2) is 5.83. The summed E-state index contributed by atoms with van der Waals surface area (Å²) in [6, 6.07) is 14.2. The molecular weight excluding hydrogens is 332 g/mol. The van der Waals surface area contributed by atoms with Crippen LogP contribution in [0.2, 0.25) is 5.02 Å². The zero-order valence-corrected chi connectivity index (χ0v) is 14.2. The van der Waals surface area contributed by atoms with Crippen molar-refractivity contribution in [2.75, 3.05) is 6.26 Å². The van der Waals surface area contributed by atoms with Gasteiger partial charge in [0.25, 0.3) is 0 Å². The lowest BCUT2D eigenvalue weighted by molar-refractivity contribution is 0.602. The van der Waals surface area contributed by atoms with Gasteiger partial charge in [0.2, 0.25) is 0 Å². The molecule has 0 atom stereocenters. The van der Waals surface area contributed by atoms with E-state index in [4.69, 9.17) is 11.6 Å². The number of aromatic amines is 1. The number of benzene rings is 2. The van der Waals surface area contributed by atoms with E-state index < -0.39 is 9.84 Å². The second-order valence-electron chi connectivity index (χ2n) is 5.36. The van der Waals surface area contributed by atoms with Crippen LogP contribution in [0.15, 0.2) is 53.4 Å². The fourth-order valence-corrected chi connectivity index (χ4v) is 3.10. The molecule has 118 valence electrons. The van der Waals surface area contributed by atoms with Crippen molar-refractivity contribution >= 4 is 21.4 Å². The average Bonchev–Trinajstić information content (AvgIpc) is 2.89. The zero-order chi connectivity index (χ0) is 16.6. The van der Waals surface area contributed by atoms with E-state index in [0.717, 1.165) is 28.3 Å². The highest BCUT2D eigenvalue weighted by molar-refractivity contribution is 7.90. The SMILES string of the molecule is Cc1[nH]c(-c2ccc(Cl)cc2)nc1-c1ccc(S(C)(=O)=O)cc1. The molecule has 3 rings (SSSR count). The summed E-state index contributed by atoms with van der Waals surface area (Å²) in [5, 5.41) is 0.675. The van der Waals surface area contributed by atoms with E-state index in [1.807, 2.05) is 31.2 Å². The minimum Gasteiger partial charge on any atom is -0.342 e. The number of hydrogen-bond acceptors (Lipinski definition) is 3. The van der Waals surface area contributed by atoms with Crippen LogP contribution in [0.25, 0.3) is 22.6 Å². The van der Waals surface area contributed by atoms with Crippen LogP contribution >= 0.6 is 11.6 Å². The molecule has 0 spiro atoms. The molecule has 2 aromatic carbocycles. The van der Waals surface area contributed by atoms with Gasteiger partial charge in [0.05, 0.1) is 10.6 Å².